The van der Waals surface area contributed by atoms with E-state index in [2.05, 4.69) is 77.8 Å². The van der Waals surface area contributed by atoms with Crippen LogP contribution in [0, 0.1) is 0 Å². The number of carbonyl (C=O) groups excluding carboxylic acids is 1. The second-order valence-electron chi connectivity index (χ2n) is 12.4. The van der Waals surface area contributed by atoms with Gasteiger partial charge in [-0.2, -0.15) is 0 Å². The molecule has 0 bridgehead atoms. The summed E-state index contributed by atoms with van der Waals surface area (Å²) in [6, 6.07) is 25.0. The van der Waals surface area contributed by atoms with Crippen LogP contribution in [0.3, 0.4) is 0 Å². The van der Waals surface area contributed by atoms with E-state index in [1.807, 2.05) is 24.3 Å². The minimum atomic E-state index is -0.933. The number of rotatable bonds is 14. The molecule has 1 aliphatic carbocycles. The fourth-order valence-electron chi connectivity index (χ4n) is 5.83. The number of aldehydes is 1. The average Bonchev–Trinajstić information content (AvgIpc) is 3.61. The van der Waals surface area contributed by atoms with Crippen LogP contribution < -0.4 is 21.3 Å². The van der Waals surface area contributed by atoms with Gasteiger partial charge in [-0.15, -0.1) is 11.3 Å². The number of carbonyl (C=O) groups is 2. The molecule has 4 aromatic rings. The Morgan fingerprint density at radius 3 is 2.13 bits per heavy atom. The van der Waals surface area contributed by atoms with Crippen LogP contribution in [0.15, 0.2) is 78.2 Å². The molecular formula is C38H49N5O3S. The molecule has 1 fully saturated rings. The number of hydrogen-bond donors (Lipinski definition) is 3. The molecule has 3 aromatic carbocycles. The molecule has 5 N–H and O–H groups in total. The molecule has 1 heterocycles. The minimum absolute atomic E-state index is 0.520. The first-order valence-electron chi connectivity index (χ1n) is 16.6. The summed E-state index contributed by atoms with van der Waals surface area (Å²) in [6.45, 7) is 2.24. The Bertz CT molecular complexity index is 1520. The second-order valence-corrected chi connectivity index (χ2v) is 13.3. The van der Waals surface area contributed by atoms with Gasteiger partial charge in [0.1, 0.15) is 12.3 Å². The largest absolute Gasteiger partial charge is 0.480 e. The first-order chi connectivity index (χ1) is 22.8. The van der Waals surface area contributed by atoms with Gasteiger partial charge in [-0.25, -0.2) is 4.98 Å². The maximum Gasteiger partial charge on any atom is 0.320 e. The lowest BCUT2D eigenvalue weighted by Crippen LogP contribution is -2.29. The molecule has 1 unspecified atom stereocenters. The highest BCUT2D eigenvalue weighted by atomic mass is 32.1. The summed E-state index contributed by atoms with van der Waals surface area (Å²) in [5.74, 6) is -0.175. The highest BCUT2D eigenvalue weighted by Gasteiger charge is 2.16. The van der Waals surface area contributed by atoms with Crippen LogP contribution >= 0.6 is 11.3 Å². The molecule has 1 atom stereocenters. The number of carboxylic acids is 1. The number of aliphatic carboxylic acids is 1. The van der Waals surface area contributed by atoms with Crippen LogP contribution in [0.2, 0.25) is 0 Å². The van der Waals surface area contributed by atoms with Crippen molar-refractivity contribution in [3.8, 4) is 11.3 Å². The summed E-state index contributed by atoms with van der Waals surface area (Å²) in [5.41, 5.74) is 18.5. The summed E-state index contributed by atoms with van der Waals surface area (Å²) in [7, 11) is 4.21. The van der Waals surface area contributed by atoms with Gasteiger partial charge in [0, 0.05) is 49.4 Å². The first-order valence-corrected chi connectivity index (χ1v) is 17.4. The van der Waals surface area contributed by atoms with E-state index in [9.17, 15) is 9.59 Å². The number of benzene rings is 3. The van der Waals surface area contributed by atoms with Crippen LogP contribution in [0.1, 0.15) is 84.3 Å². The number of aromatic nitrogens is 1. The van der Waals surface area contributed by atoms with Crippen molar-refractivity contribution in [3.63, 3.8) is 0 Å². The number of carboxylic acid groups (broad SMARTS) is 1. The SMILES string of the molecule is CN(Cc1ccc(C2CCCCC2)cc1)c1ccc(-c2csc(N(C)Cc3ccc(C=O)cc3)n2)cc1.NCCCCC(N)C(=O)O. The van der Waals surface area contributed by atoms with Gasteiger partial charge in [0.25, 0.3) is 0 Å². The summed E-state index contributed by atoms with van der Waals surface area (Å²) in [6.07, 6.45) is 9.88. The van der Waals surface area contributed by atoms with Crippen LogP contribution in [0.25, 0.3) is 11.3 Å². The number of nitrogens with zero attached hydrogens (tertiary/aromatic N) is 3. The third-order valence-electron chi connectivity index (χ3n) is 8.72. The number of anilines is 2. The Kier molecular flexibility index (Phi) is 14.0. The van der Waals surface area contributed by atoms with E-state index < -0.39 is 12.0 Å². The average molecular weight is 656 g/mol. The fourth-order valence-corrected chi connectivity index (χ4v) is 6.63. The van der Waals surface area contributed by atoms with Crippen molar-refractivity contribution in [3.05, 3.63) is 100 Å². The maximum absolute atomic E-state index is 10.9. The summed E-state index contributed by atoms with van der Waals surface area (Å²) >= 11 is 1.65. The van der Waals surface area contributed by atoms with Gasteiger partial charge < -0.3 is 26.4 Å². The van der Waals surface area contributed by atoms with Gasteiger partial charge >= 0.3 is 5.97 Å². The monoisotopic (exact) mass is 655 g/mol. The van der Waals surface area contributed by atoms with E-state index >= 15 is 0 Å². The van der Waals surface area contributed by atoms with Crippen LogP contribution in [-0.4, -0.2) is 49.0 Å². The molecule has 9 heteroatoms. The van der Waals surface area contributed by atoms with E-state index in [0.717, 1.165) is 60.1 Å². The van der Waals surface area contributed by atoms with Gasteiger partial charge in [0.2, 0.25) is 0 Å². The molecular weight excluding hydrogens is 607 g/mol. The van der Waals surface area contributed by atoms with Crippen LogP contribution in [-0.2, 0) is 17.9 Å². The van der Waals surface area contributed by atoms with E-state index in [4.69, 9.17) is 21.6 Å². The molecule has 0 spiro atoms. The van der Waals surface area contributed by atoms with Crippen molar-refractivity contribution >= 4 is 34.4 Å². The van der Waals surface area contributed by atoms with E-state index in [1.165, 1.54) is 48.9 Å². The standard InChI is InChI=1S/C32H35N3OS.C6H14N2O2/c1-34(20-25-12-14-28(15-13-25)27-6-4-3-5-7-27)30-18-16-29(17-19-30)31-23-37-32(33-31)35(2)21-24-8-10-26(22-36)11-9-24;7-4-2-1-3-5(8)6(9)10/h8-19,22-23,27H,3-7,20-21H2,1-2H3;5H,1-4,7-8H2,(H,9,10). The van der Waals surface area contributed by atoms with E-state index in [0.29, 0.717) is 18.5 Å². The maximum atomic E-state index is 10.9. The molecule has 8 nitrogen and oxygen atoms in total. The predicted octanol–water partition coefficient (Wildman–Crippen LogP) is 7.47. The van der Waals surface area contributed by atoms with Crippen molar-refractivity contribution in [1.29, 1.82) is 0 Å². The van der Waals surface area contributed by atoms with Gasteiger partial charge in [0.05, 0.1) is 5.69 Å². The number of unbranched alkanes of at least 4 members (excludes halogenated alkanes) is 1. The molecule has 47 heavy (non-hydrogen) atoms. The molecule has 0 aliphatic heterocycles. The van der Waals surface area contributed by atoms with E-state index in [1.54, 1.807) is 11.3 Å². The summed E-state index contributed by atoms with van der Waals surface area (Å²) in [4.78, 5) is 30.3. The first kappa shape index (κ1) is 35.8. The van der Waals surface area contributed by atoms with Crippen LogP contribution in [0.5, 0.6) is 0 Å². The molecule has 1 aliphatic rings. The fraction of sp³-hybridized carbons (Fsp3) is 0.395. The zero-order valence-corrected chi connectivity index (χ0v) is 28.5. The van der Waals surface area contributed by atoms with Crippen molar-refractivity contribution in [2.75, 3.05) is 30.4 Å². The molecule has 0 radical (unpaired) electrons. The Morgan fingerprint density at radius 2 is 1.53 bits per heavy atom. The van der Waals surface area contributed by atoms with Crippen LogP contribution in [0.4, 0.5) is 10.8 Å². The highest BCUT2D eigenvalue weighted by molar-refractivity contribution is 7.14. The lowest BCUT2D eigenvalue weighted by molar-refractivity contribution is -0.138. The zero-order valence-electron chi connectivity index (χ0n) is 27.7. The Labute approximate surface area is 283 Å². The molecule has 1 aromatic heterocycles. The van der Waals surface area contributed by atoms with Crippen molar-refractivity contribution < 1.29 is 14.7 Å². The Balaban J connectivity index is 0.000000434. The Morgan fingerprint density at radius 1 is 0.915 bits per heavy atom. The normalized spacial score (nSPS) is 13.7. The second kappa shape index (κ2) is 18.3. The molecule has 0 amide bonds. The third kappa shape index (κ3) is 11.0. The summed E-state index contributed by atoms with van der Waals surface area (Å²) in [5, 5.41) is 11.4. The lowest BCUT2D eigenvalue weighted by Gasteiger charge is -2.23. The number of nitrogens with two attached hydrogens (primary N) is 2. The van der Waals surface area contributed by atoms with E-state index in [-0.39, 0.29) is 0 Å². The topological polar surface area (TPSA) is 126 Å². The van der Waals surface area contributed by atoms with Gasteiger partial charge in [-0.3, -0.25) is 9.59 Å². The number of thiazole rings is 1. The Hall–Kier alpha value is -4.05. The quantitative estimate of drug-likeness (QED) is 0.0944. The zero-order chi connectivity index (χ0) is 33.6. The van der Waals surface area contributed by atoms with Gasteiger partial charge in [0.15, 0.2) is 5.13 Å². The lowest BCUT2D eigenvalue weighted by atomic mass is 9.84. The third-order valence-corrected chi connectivity index (χ3v) is 9.68. The van der Waals surface area contributed by atoms with Crippen molar-refractivity contribution in [1.82, 2.24) is 4.98 Å². The molecule has 1 saturated carbocycles. The van der Waals surface area contributed by atoms with Crippen molar-refractivity contribution in [2.24, 2.45) is 11.5 Å². The van der Waals surface area contributed by atoms with Gasteiger partial charge in [-0.05, 0) is 67.0 Å². The smallest absolute Gasteiger partial charge is 0.320 e. The predicted molar refractivity (Wildman–Crippen MR) is 194 cm³/mol. The molecule has 250 valence electrons. The minimum Gasteiger partial charge on any atom is -0.480 e. The van der Waals surface area contributed by atoms with Gasteiger partial charge in [-0.1, -0.05) is 86.3 Å². The number of hydrogen-bond acceptors (Lipinski definition) is 8. The van der Waals surface area contributed by atoms with Crippen molar-refractivity contribution in [2.45, 2.75) is 76.4 Å². The highest BCUT2D eigenvalue weighted by Crippen LogP contribution is 2.33. The molecule has 0 saturated heterocycles. The summed E-state index contributed by atoms with van der Waals surface area (Å²) < 4.78 is 0. The molecule has 5 rings (SSSR count).